The highest BCUT2D eigenvalue weighted by molar-refractivity contribution is 6.23. The summed E-state index contributed by atoms with van der Waals surface area (Å²) in [5.74, 6) is -1.12. The Kier molecular flexibility index (Phi) is 2.91. The summed E-state index contributed by atoms with van der Waals surface area (Å²) in [7, 11) is 0. The van der Waals surface area contributed by atoms with Crippen LogP contribution in [0.4, 0.5) is 11.4 Å². The summed E-state index contributed by atoms with van der Waals surface area (Å²) >= 11 is 0. The van der Waals surface area contributed by atoms with E-state index in [2.05, 4.69) is 0 Å². The lowest BCUT2D eigenvalue weighted by atomic mass is 9.63. The summed E-state index contributed by atoms with van der Waals surface area (Å²) in [5.41, 5.74) is 0.633. The molecule has 2 bridgehead atoms. The Morgan fingerprint density at radius 2 is 1.65 bits per heavy atom. The molecule has 1 heterocycles. The lowest BCUT2D eigenvalue weighted by molar-refractivity contribution is -0.384. The van der Waals surface area contributed by atoms with Crippen molar-refractivity contribution in [2.45, 2.75) is 19.8 Å². The van der Waals surface area contributed by atoms with Crippen LogP contribution in [0.15, 0.2) is 30.4 Å². The molecule has 0 radical (unpaired) electrons. The van der Waals surface area contributed by atoms with Crippen LogP contribution in [0.3, 0.4) is 0 Å². The van der Waals surface area contributed by atoms with Gasteiger partial charge in [0, 0.05) is 6.07 Å². The van der Waals surface area contributed by atoms with Crippen molar-refractivity contribution in [1.29, 1.82) is 0 Å². The molecule has 1 aromatic carbocycles. The summed E-state index contributed by atoms with van der Waals surface area (Å²) < 4.78 is 0. The van der Waals surface area contributed by atoms with Crippen molar-refractivity contribution in [2.75, 3.05) is 4.90 Å². The third-order valence-corrected chi connectivity index (χ3v) is 5.33. The first-order valence-corrected chi connectivity index (χ1v) is 7.80. The second-order valence-corrected chi connectivity index (χ2v) is 6.60. The minimum absolute atomic E-state index is 0.0796. The van der Waals surface area contributed by atoms with E-state index in [9.17, 15) is 19.7 Å². The van der Waals surface area contributed by atoms with E-state index in [1.54, 1.807) is 13.0 Å². The minimum atomic E-state index is -0.530. The number of nitro benzene ring substituents is 1. The predicted molar refractivity (Wildman–Crippen MR) is 82.7 cm³/mol. The van der Waals surface area contributed by atoms with Crippen LogP contribution >= 0.6 is 0 Å². The van der Waals surface area contributed by atoms with Crippen LogP contribution in [-0.2, 0) is 9.59 Å². The summed E-state index contributed by atoms with van der Waals surface area (Å²) in [5, 5.41) is 11.3. The maximum Gasteiger partial charge on any atom is 0.293 e. The third kappa shape index (κ3) is 1.87. The van der Waals surface area contributed by atoms with E-state index < -0.39 is 4.92 Å². The molecule has 0 unspecified atom stereocenters. The van der Waals surface area contributed by atoms with Crippen LogP contribution in [-0.4, -0.2) is 16.7 Å². The van der Waals surface area contributed by atoms with Crippen molar-refractivity contribution in [2.24, 2.45) is 23.7 Å². The first-order chi connectivity index (χ1) is 11.0. The average molecular weight is 312 g/mol. The number of carbonyl (C=O) groups is 2. The molecule has 0 N–H and O–H groups in total. The van der Waals surface area contributed by atoms with Gasteiger partial charge >= 0.3 is 0 Å². The number of nitrogens with zero attached hydrogens (tertiary/aromatic N) is 2. The van der Waals surface area contributed by atoms with Gasteiger partial charge in [-0.15, -0.1) is 0 Å². The van der Waals surface area contributed by atoms with Gasteiger partial charge in [-0.3, -0.25) is 19.7 Å². The molecule has 5 rings (SSSR count). The van der Waals surface area contributed by atoms with Gasteiger partial charge in [0.25, 0.3) is 5.69 Å². The summed E-state index contributed by atoms with van der Waals surface area (Å²) in [4.78, 5) is 37.6. The standard InChI is InChI=1S/C17H16N2O4/c1-9-2-7-12(13(8-9)19(22)23)18-16(20)14-10-3-4-11(6-5-10)15(14)17(18)21/h2-4,7-8,10-11,14-15H,5-6H2,1H3/t10-,11-,14-,15+/m0/s1. The predicted octanol–water partition coefficient (Wildman–Crippen LogP) is 2.60. The highest BCUT2D eigenvalue weighted by Gasteiger charge is 2.57. The number of carbonyl (C=O) groups excluding carboxylic acids is 2. The minimum Gasteiger partial charge on any atom is -0.274 e. The lowest BCUT2D eigenvalue weighted by Crippen LogP contribution is -2.38. The van der Waals surface area contributed by atoms with Crippen LogP contribution in [0.25, 0.3) is 0 Å². The Bertz CT molecular complexity index is 738. The topological polar surface area (TPSA) is 80.5 Å². The van der Waals surface area contributed by atoms with Crippen molar-refractivity contribution in [3.05, 3.63) is 46.0 Å². The molecule has 1 aromatic rings. The molecule has 6 heteroatoms. The van der Waals surface area contributed by atoms with Gasteiger partial charge in [-0.2, -0.15) is 0 Å². The fourth-order valence-corrected chi connectivity index (χ4v) is 4.28. The van der Waals surface area contributed by atoms with E-state index in [-0.39, 0.29) is 46.9 Å². The zero-order valence-corrected chi connectivity index (χ0v) is 12.6. The van der Waals surface area contributed by atoms with Crippen molar-refractivity contribution >= 4 is 23.2 Å². The fraction of sp³-hybridized carbons (Fsp3) is 0.412. The Hall–Kier alpha value is -2.50. The van der Waals surface area contributed by atoms with E-state index >= 15 is 0 Å². The van der Waals surface area contributed by atoms with Gasteiger partial charge in [0.15, 0.2) is 0 Å². The van der Waals surface area contributed by atoms with Crippen LogP contribution in [0.5, 0.6) is 0 Å². The zero-order valence-electron chi connectivity index (χ0n) is 12.6. The Morgan fingerprint density at radius 3 is 2.13 bits per heavy atom. The number of hydrogen-bond acceptors (Lipinski definition) is 4. The third-order valence-electron chi connectivity index (χ3n) is 5.33. The SMILES string of the molecule is Cc1ccc(N2C(=O)[C@@H]3[C@H](C2=O)[C@H]2C=C[C@H]3CC2)c([N+](=O)[O-])c1. The molecule has 3 aliphatic carbocycles. The number of fused-ring (bicyclic) bond motifs is 1. The maximum absolute atomic E-state index is 12.8. The smallest absolute Gasteiger partial charge is 0.274 e. The summed E-state index contributed by atoms with van der Waals surface area (Å²) in [6.45, 7) is 1.74. The number of hydrogen-bond donors (Lipinski definition) is 0. The lowest BCUT2D eigenvalue weighted by Gasteiger charge is -2.38. The number of amides is 2. The van der Waals surface area contributed by atoms with Crippen molar-refractivity contribution in [3.8, 4) is 0 Å². The molecule has 1 aliphatic heterocycles. The number of benzene rings is 1. The van der Waals surface area contributed by atoms with Crippen molar-refractivity contribution < 1.29 is 14.5 Å². The number of anilines is 1. The number of allylic oxidation sites excluding steroid dienone is 2. The van der Waals surface area contributed by atoms with Gasteiger partial charge in [-0.1, -0.05) is 18.2 Å². The van der Waals surface area contributed by atoms with E-state index in [1.165, 1.54) is 12.1 Å². The monoisotopic (exact) mass is 312 g/mol. The molecule has 2 fully saturated rings. The molecule has 0 aromatic heterocycles. The van der Waals surface area contributed by atoms with Crippen LogP contribution in [0.1, 0.15) is 18.4 Å². The average Bonchev–Trinajstić information content (AvgIpc) is 2.82. The zero-order chi connectivity index (χ0) is 16.3. The van der Waals surface area contributed by atoms with Gasteiger partial charge in [-0.05, 0) is 43.2 Å². The molecule has 6 nitrogen and oxygen atoms in total. The second kappa shape index (κ2) is 4.75. The number of rotatable bonds is 2. The molecule has 0 spiro atoms. The van der Waals surface area contributed by atoms with Gasteiger partial charge in [0.2, 0.25) is 11.8 Å². The molecule has 23 heavy (non-hydrogen) atoms. The molecule has 1 saturated carbocycles. The summed E-state index contributed by atoms with van der Waals surface area (Å²) in [6, 6.07) is 4.61. The van der Waals surface area contributed by atoms with E-state index in [4.69, 9.17) is 0 Å². The highest BCUT2D eigenvalue weighted by atomic mass is 16.6. The molecule has 1 saturated heterocycles. The van der Waals surface area contributed by atoms with Crippen LogP contribution in [0, 0.1) is 40.7 Å². The maximum atomic E-state index is 12.8. The van der Waals surface area contributed by atoms with Gasteiger partial charge in [0.05, 0.1) is 16.8 Å². The van der Waals surface area contributed by atoms with E-state index in [1.807, 2.05) is 12.2 Å². The van der Waals surface area contributed by atoms with Crippen molar-refractivity contribution in [1.82, 2.24) is 0 Å². The highest BCUT2D eigenvalue weighted by Crippen LogP contribution is 2.51. The molecule has 4 atom stereocenters. The normalized spacial score (nSPS) is 31.6. The Morgan fingerprint density at radius 1 is 1.09 bits per heavy atom. The summed E-state index contributed by atoms with van der Waals surface area (Å²) in [6.07, 6.45) is 5.89. The first kappa shape index (κ1) is 14.1. The molecule has 118 valence electrons. The van der Waals surface area contributed by atoms with Crippen LogP contribution < -0.4 is 4.90 Å². The molecule has 4 aliphatic rings. The first-order valence-electron chi connectivity index (χ1n) is 7.80. The Balaban J connectivity index is 1.81. The largest absolute Gasteiger partial charge is 0.293 e. The fourth-order valence-electron chi connectivity index (χ4n) is 4.28. The van der Waals surface area contributed by atoms with Gasteiger partial charge in [-0.25, -0.2) is 4.90 Å². The molecular formula is C17H16N2O4. The molecular weight excluding hydrogens is 296 g/mol. The van der Waals surface area contributed by atoms with Gasteiger partial charge < -0.3 is 0 Å². The quantitative estimate of drug-likeness (QED) is 0.364. The van der Waals surface area contributed by atoms with E-state index in [0.29, 0.717) is 0 Å². The number of imide groups is 1. The molecule has 2 amide bonds. The van der Waals surface area contributed by atoms with Crippen molar-refractivity contribution in [3.63, 3.8) is 0 Å². The number of nitro groups is 1. The van der Waals surface area contributed by atoms with Crippen LogP contribution in [0.2, 0.25) is 0 Å². The van der Waals surface area contributed by atoms with Gasteiger partial charge in [0.1, 0.15) is 5.69 Å². The Labute approximate surface area is 132 Å². The number of aryl methyl sites for hydroxylation is 1. The second-order valence-electron chi connectivity index (χ2n) is 6.60. The van der Waals surface area contributed by atoms with E-state index in [0.717, 1.165) is 23.3 Å².